The molecule has 4 aromatic rings. The van der Waals surface area contributed by atoms with Gasteiger partial charge in [0, 0.05) is 10.2 Å². The van der Waals surface area contributed by atoms with E-state index in [1.165, 1.54) is 39.7 Å². The minimum absolute atomic E-state index is 1.29. The molecule has 0 fully saturated rings. The SMILES string of the molecule is c1ccc(-c2pc(-c3ccccc3)c(-c3ccccc3)s2)cc1. The molecule has 0 aliphatic carbocycles. The molecule has 0 aliphatic rings. The molecule has 0 radical (unpaired) electrons. The molecule has 0 amide bonds. The molecule has 110 valence electrons. The Kier molecular flexibility index (Phi) is 4.06. The van der Waals surface area contributed by atoms with E-state index >= 15 is 0 Å². The van der Waals surface area contributed by atoms with Gasteiger partial charge in [0.05, 0.1) is 4.61 Å². The van der Waals surface area contributed by atoms with Crippen LogP contribution < -0.4 is 0 Å². The highest BCUT2D eigenvalue weighted by Crippen LogP contribution is 2.50. The average Bonchev–Trinajstić information content (AvgIpc) is 3.09. The zero-order valence-electron chi connectivity index (χ0n) is 12.5. The highest BCUT2D eigenvalue weighted by Gasteiger charge is 2.14. The van der Waals surface area contributed by atoms with Gasteiger partial charge >= 0.3 is 0 Å². The van der Waals surface area contributed by atoms with Gasteiger partial charge in [-0.15, -0.1) is 11.3 Å². The molecule has 0 nitrogen and oxygen atoms in total. The molecule has 1 aromatic heterocycles. The van der Waals surface area contributed by atoms with Crippen LogP contribution in [0.2, 0.25) is 0 Å². The quantitative estimate of drug-likeness (QED) is 0.369. The zero-order valence-corrected chi connectivity index (χ0v) is 14.2. The third kappa shape index (κ3) is 2.99. The smallest absolute Gasteiger partial charge is 0.0626 e. The molecule has 1 heterocycles. The first kappa shape index (κ1) is 14.4. The van der Waals surface area contributed by atoms with E-state index in [1.54, 1.807) is 0 Å². The van der Waals surface area contributed by atoms with Crippen molar-refractivity contribution in [1.82, 2.24) is 0 Å². The Labute approximate surface area is 142 Å². The van der Waals surface area contributed by atoms with E-state index in [2.05, 4.69) is 91.0 Å². The predicted molar refractivity (Wildman–Crippen MR) is 103 cm³/mol. The van der Waals surface area contributed by atoms with E-state index in [-0.39, 0.29) is 0 Å². The van der Waals surface area contributed by atoms with Crippen LogP contribution in [0.5, 0.6) is 0 Å². The van der Waals surface area contributed by atoms with Crippen LogP contribution in [0, 0.1) is 0 Å². The molecular formula is C21H15PS. The summed E-state index contributed by atoms with van der Waals surface area (Å²) in [6.07, 6.45) is 0. The maximum Gasteiger partial charge on any atom is 0.0626 e. The van der Waals surface area contributed by atoms with Gasteiger partial charge in [-0.2, -0.15) is 0 Å². The first-order valence-electron chi connectivity index (χ1n) is 7.59. The maximum absolute atomic E-state index is 2.21. The van der Waals surface area contributed by atoms with E-state index in [0.29, 0.717) is 0 Å². The van der Waals surface area contributed by atoms with E-state index in [0.717, 1.165) is 0 Å². The Morgan fingerprint density at radius 2 is 1.00 bits per heavy atom. The van der Waals surface area contributed by atoms with Crippen LogP contribution in [-0.4, -0.2) is 0 Å². The van der Waals surface area contributed by atoms with Crippen molar-refractivity contribution in [2.24, 2.45) is 0 Å². The number of benzene rings is 3. The third-order valence-corrected chi connectivity index (χ3v) is 6.67. The second-order valence-electron chi connectivity index (χ2n) is 5.29. The topological polar surface area (TPSA) is 0 Å². The van der Waals surface area contributed by atoms with Crippen molar-refractivity contribution in [3.05, 3.63) is 91.0 Å². The first-order chi connectivity index (χ1) is 11.4. The summed E-state index contributed by atoms with van der Waals surface area (Å²) >= 11 is 1.90. The van der Waals surface area contributed by atoms with Gasteiger partial charge in [-0.3, -0.25) is 0 Å². The largest absolute Gasteiger partial charge is 0.129 e. The van der Waals surface area contributed by atoms with Crippen LogP contribution in [0.1, 0.15) is 0 Å². The number of rotatable bonds is 3. The van der Waals surface area contributed by atoms with Gasteiger partial charge in [-0.1, -0.05) is 91.0 Å². The second-order valence-corrected chi connectivity index (χ2v) is 7.74. The molecule has 0 N–H and O–H groups in total. The minimum atomic E-state index is 1.29. The van der Waals surface area contributed by atoms with Crippen molar-refractivity contribution in [3.8, 4) is 31.5 Å². The lowest BCUT2D eigenvalue weighted by molar-refractivity contribution is 1.68. The Morgan fingerprint density at radius 1 is 0.522 bits per heavy atom. The average molecular weight is 330 g/mol. The molecule has 0 atom stereocenters. The van der Waals surface area contributed by atoms with E-state index < -0.39 is 0 Å². The Morgan fingerprint density at radius 3 is 1.57 bits per heavy atom. The summed E-state index contributed by atoms with van der Waals surface area (Å²) in [6, 6.07) is 32.1. The maximum atomic E-state index is 2.21. The van der Waals surface area contributed by atoms with Crippen molar-refractivity contribution in [2.45, 2.75) is 0 Å². The van der Waals surface area contributed by atoms with Gasteiger partial charge in [0.2, 0.25) is 0 Å². The predicted octanol–water partition coefficient (Wildman–Crippen LogP) is 7.33. The molecule has 0 spiro atoms. The number of hydrogen-bond donors (Lipinski definition) is 0. The van der Waals surface area contributed by atoms with Crippen molar-refractivity contribution < 1.29 is 0 Å². The van der Waals surface area contributed by atoms with Gasteiger partial charge in [0.15, 0.2) is 0 Å². The summed E-state index contributed by atoms with van der Waals surface area (Å²) in [6.45, 7) is 0. The summed E-state index contributed by atoms with van der Waals surface area (Å²) in [5, 5.41) is 1.40. The highest BCUT2D eigenvalue weighted by atomic mass is 32.1. The standard InChI is InChI=1S/C21H15PS/c1-4-10-16(11-5-1)19-20(17-12-6-2-7-13-17)23-21(22-19)18-14-8-3-9-15-18/h1-15H. The van der Waals surface area contributed by atoms with Gasteiger partial charge in [-0.25, -0.2) is 0 Å². The van der Waals surface area contributed by atoms with Gasteiger partial charge in [0.1, 0.15) is 0 Å². The van der Waals surface area contributed by atoms with E-state index in [9.17, 15) is 0 Å². The molecule has 2 heteroatoms. The fourth-order valence-electron chi connectivity index (χ4n) is 2.60. The highest BCUT2D eigenvalue weighted by molar-refractivity contribution is 7.51. The lowest BCUT2D eigenvalue weighted by atomic mass is 10.1. The van der Waals surface area contributed by atoms with Crippen LogP contribution in [0.4, 0.5) is 0 Å². The third-order valence-electron chi connectivity index (χ3n) is 3.73. The first-order valence-corrected chi connectivity index (χ1v) is 9.30. The Hall–Kier alpha value is -2.21. The van der Waals surface area contributed by atoms with Crippen molar-refractivity contribution in [2.75, 3.05) is 0 Å². The molecule has 0 bridgehead atoms. The molecule has 23 heavy (non-hydrogen) atoms. The summed E-state index contributed by atoms with van der Waals surface area (Å²) in [4.78, 5) is 1.37. The molecular weight excluding hydrogens is 315 g/mol. The second kappa shape index (κ2) is 6.50. The fraction of sp³-hybridized carbons (Fsp3) is 0. The molecule has 3 aromatic carbocycles. The molecule has 0 unspecified atom stereocenters. The summed E-state index contributed by atoms with van der Waals surface area (Å²) < 4.78 is 1.41. The molecule has 0 aliphatic heterocycles. The number of hydrogen-bond acceptors (Lipinski definition) is 1. The zero-order chi connectivity index (χ0) is 15.5. The summed E-state index contributed by atoms with van der Waals surface area (Å²) in [7, 11) is 1.29. The lowest BCUT2D eigenvalue weighted by Gasteiger charge is -2.03. The Bertz CT molecular complexity index is 840. The molecule has 0 saturated carbocycles. The van der Waals surface area contributed by atoms with Crippen LogP contribution >= 0.6 is 19.5 Å². The van der Waals surface area contributed by atoms with Gasteiger partial charge < -0.3 is 0 Å². The van der Waals surface area contributed by atoms with Crippen molar-refractivity contribution in [1.29, 1.82) is 0 Å². The van der Waals surface area contributed by atoms with Crippen molar-refractivity contribution >= 4 is 19.5 Å². The monoisotopic (exact) mass is 330 g/mol. The molecule has 0 saturated heterocycles. The van der Waals surface area contributed by atoms with Crippen LogP contribution in [0.15, 0.2) is 91.0 Å². The fourth-order valence-corrected chi connectivity index (χ4v) is 5.51. The lowest BCUT2D eigenvalue weighted by Crippen LogP contribution is -1.76. The normalized spacial score (nSPS) is 11.0. The summed E-state index contributed by atoms with van der Waals surface area (Å²) in [5.41, 5.74) is 3.93. The van der Waals surface area contributed by atoms with E-state index in [4.69, 9.17) is 0 Å². The molecule has 4 rings (SSSR count). The van der Waals surface area contributed by atoms with Gasteiger partial charge in [0.25, 0.3) is 0 Å². The van der Waals surface area contributed by atoms with Crippen LogP contribution in [-0.2, 0) is 0 Å². The Balaban J connectivity index is 1.91. The van der Waals surface area contributed by atoms with Gasteiger partial charge in [-0.05, 0) is 24.9 Å². The van der Waals surface area contributed by atoms with Crippen LogP contribution in [0.3, 0.4) is 0 Å². The summed E-state index contributed by atoms with van der Waals surface area (Å²) in [5.74, 6) is 0. The van der Waals surface area contributed by atoms with Crippen molar-refractivity contribution in [3.63, 3.8) is 0 Å². The minimum Gasteiger partial charge on any atom is -0.129 e. The van der Waals surface area contributed by atoms with Crippen LogP contribution in [0.25, 0.3) is 31.5 Å². The van der Waals surface area contributed by atoms with E-state index in [1.807, 2.05) is 11.3 Å².